The SMILES string of the molecule is Cc1cc(NC(=O)Cn2cc(NC(=O)C3CC3)nn2)n[nH]1. The van der Waals surface area contributed by atoms with Gasteiger partial charge in [0.15, 0.2) is 11.6 Å². The Hall–Kier alpha value is -2.71. The van der Waals surface area contributed by atoms with Gasteiger partial charge in [-0.1, -0.05) is 5.21 Å². The number of hydrogen-bond acceptors (Lipinski definition) is 5. The number of aryl methyl sites for hydroxylation is 1. The minimum absolute atomic E-state index is 0.00178. The molecule has 0 spiro atoms. The molecule has 0 atom stereocenters. The summed E-state index contributed by atoms with van der Waals surface area (Å²) < 4.78 is 1.36. The van der Waals surface area contributed by atoms with E-state index in [-0.39, 0.29) is 24.3 Å². The first-order chi connectivity index (χ1) is 10.1. The lowest BCUT2D eigenvalue weighted by molar-refractivity contribution is -0.117. The fourth-order valence-electron chi connectivity index (χ4n) is 1.82. The monoisotopic (exact) mass is 289 g/mol. The van der Waals surface area contributed by atoms with Crippen LogP contribution in [0.25, 0.3) is 0 Å². The lowest BCUT2D eigenvalue weighted by Crippen LogP contribution is -2.19. The van der Waals surface area contributed by atoms with E-state index in [1.54, 1.807) is 6.07 Å². The Morgan fingerprint density at radius 2 is 2.19 bits per heavy atom. The van der Waals surface area contributed by atoms with Gasteiger partial charge in [-0.3, -0.25) is 14.7 Å². The molecule has 9 heteroatoms. The molecule has 1 aliphatic rings. The second-order valence-corrected chi connectivity index (χ2v) is 5.05. The molecule has 2 aromatic rings. The number of carbonyl (C=O) groups excluding carboxylic acids is 2. The third-order valence-electron chi connectivity index (χ3n) is 3.02. The van der Waals surface area contributed by atoms with Crippen molar-refractivity contribution in [2.45, 2.75) is 26.3 Å². The lowest BCUT2D eigenvalue weighted by Gasteiger charge is -2.00. The zero-order valence-corrected chi connectivity index (χ0v) is 11.5. The van der Waals surface area contributed by atoms with Crippen molar-refractivity contribution < 1.29 is 9.59 Å². The van der Waals surface area contributed by atoms with Gasteiger partial charge < -0.3 is 10.6 Å². The van der Waals surface area contributed by atoms with Crippen LogP contribution in [0.4, 0.5) is 11.6 Å². The summed E-state index contributed by atoms with van der Waals surface area (Å²) >= 11 is 0. The molecule has 1 saturated carbocycles. The Bertz CT molecular complexity index is 671. The number of amides is 2. The van der Waals surface area contributed by atoms with Crippen LogP contribution in [0.1, 0.15) is 18.5 Å². The number of nitrogens with zero attached hydrogens (tertiary/aromatic N) is 4. The molecule has 0 aliphatic heterocycles. The number of H-pyrrole nitrogens is 1. The van der Waals surface area contributed by atoms with Crippen molar-refractivity contribution >= 4 is 23.5 Å². The van der Waals surface area contributed by atoms with Crippen molar-refractivity contribution in [3.63, 3.8) is 0 Å². The number of aromatic nitrogens is 5. The maximum Gasteiger partial charge on any atom is 0.247 e. The zero-order valence-electron chi connectivity index (χ0n) is 11.5. The lowest BCUT2D eigenvalue weighted by atomic mass is 10.4. The first-order valence-corrected chi connectivity index (χ1v) is 6.63. The number of rotatable bonds is 5. The average Bonchev–Trinajstić information content (AvgIpc) is 3.08. The molecule has 3 rings (SSSR count). The Morgan fingerprint density at radius 3 is 2.86 bits per heavy atom. The van der Waals surface area contributed by atoms with E-state index in [1.165, 1.54) is 10.9 Å². The van der Waals surface area contributed by atoms with Crippen molar-refractivity contribution in [2.24, 2.45) is 5.92 Å². The summed E-state index contributed by atoms with van der Waals surface area (Å²) in [7, 11) is 0. The van der Waals surface area contributed by atoms with E-state index < -0.39 is 0 Å². The predicted octanol–water partition coefficient (Wildman–Crippen LogP) is 0.297. The highest BCUT2D eigenvalue weighted by Crippen LogP contribution is 2.29. The van der Waals surface area contributed by atoms with E-state index >= 15 is 0 Å². The topological polar surface area (TPSA) is 118 Å². The first-order valence-electron chi connectivity index (χ1n) is 6.63. The van der Waals surface area contributed by atoms with Crippen LogP contribution in [-0.2, 0) is 16.1 Å². The largest absolute Gasteiger partial charge is 0.308 e. The highest BCUT2D eigenvalue weighted by Gasteiger charge is 2.30. The molecule has 0 aromatic carbocycles. The van der Waals surface area contributed by atoms with Crippen LogP contribution >= 0.6 is 0 Å². The van der Waals surface area contributed by atoms with Gasteiger partial charge in [0.25, 0.3) is 0 Å². The average molecular weight is 289 g/mol. The summed E-state index contributed by atoms with van der Waals surface area (Å²) in [6, 6.07) is 1.72. The van der Waals surface area contributed by atoms with Gasteiger partial charge in [-0.2, -0.15) is 5.10 Å². The molecule has 2 heterocycles. The molecule has 2 amide bonds. The van der Waals surface area contributed by atoms with Crippen LogP contribution in [0.3, 0.4) is 0 Å². The molecule has 2 aromatic heterocycles. The molecular formula is C12H15N7O2. The summed E-state index contributed by atoms with van der Waals surface area (Å²) in [5.74, 6) is 0.599. The van der Waals surface area contributed by atoms with E-state index in [2.05, 4.69) is 31.1 Å². The number of anilines is 2. The van der Waals surface area contributed by atoms with Crippen LogP contribution in [0.2, 0.25) is 0 Å². The summed E-state index contributed by atoms with van der Waals surface area (Å²) in [6.07, 6.45) is 3.37. The third-order valence-corrected chi connectivity index (χ3v) is 3.02. The highest BCUT2D eigenvalue weighted by atomic mass is 16.2. The number of carbonyl (C=O) groups is 2. The van der Waals surface area contributed by atoms with E-state index in [0.717, 1.165) is 18.5 Å². The Labute approximate surface area is 120 Å². The van der Waals surface area contributed by atoms with Gasteiger partial charge in [-0.25, -0.2) is 4.68 Å². The van der Waals surface area contributed by atoms with Gasteiger partial charge in [0, 0.05) is 17.7 Å². The molecular weight excluding hydrogens is 274 g/mol. The molecule has 9 nitrogen and oxygen atoms in total. The van der Waals surface area contributed by atoms with Gasteiger partial charge >= 0.3 is 0 Å². The zero-order chi connectivity index (χ0) is 14.8. The number of nitrogens with one attached hydrogen (secondary N) is 3. The van der Waals surface area contributed by atoms with Crippen LogP contribution in [0, 0.1) is 12.8 Å². The predicted molar refractivity (Wildman–Crippen MR) is 73.3 cm³/mol. The summed E-state index contributed by atoms with van der Waals surface area (Å²) in [5, 5.41) is 19.6. The summed E-state index contributed by atoms with van der Waals surface area (Å²) in [6.45, 7) is 1.84. The minimum Gasteiger partial charge on any atom is -0.308 e. The number of hydrogen-bond donors (Lipinski definition) is 3. The molecule has 0 saturated heterocycles. The van der Waals surface area contributed by atoms with Crippen LogP contribution in [-0.4, -0.2) is 37.0 Å². The summed E-state index contributed by atoms with van der Waals surface area (Å²) in [5.41, 5.74) is 0.858. The Morgan fingerprint density at radius 1 is 1.38 bits per heavy atom. The van der Waals surface area contributed by atoms with Gasteiger partial charge in [-0.05, 0) is 19.8 Å². The van der Waals surface area contributed by atoms with Gasteiger partial charge in [0.2, 0.25) is 11.8 Å². The third kappa shape index (κ3) is 3.44. The first kappa shape index (κ1) is 13.3. The van der Waals surface area contributed by atoms with Gasteiger partial charge in [-0.15, -0.1) is 5.10 Å². The summed E-state index contributed by atoms with van der Waals surface area (Å²) in [4.78, 5) is 23.4. The van der Waals surface area contributed by atoms with Crippen LogP contribution in [0.5, 0.6) is 0 Å². The fraction of sp³-hybridized carbons (Fsp3) is 0.417. The van der Waals surface area contributed by atoms with Crippen LogP contribution in [0.15, 0.2) is 12.3 Å². The van der Waals surface area contributed by atoms with Crippen molar-refractivity contribution in [3.05, 3.63) is 18.0 Å². The van der Waals surface area contributed by atoms with Crippen molar-refractivity contribution in [3.8, 4) is 0 Å². The Kier molecular flexibility index (Phi) is 3.38. The van der Waals surface area contributed by atoms with Gasteiger partial charge in [0.1, 0.15) is 6.54 Å². The maximum atomic E-state index is 11.8. The normalized spacial score (nSPS) is 14.0. The van der Waals surface area contributed by atoms with E-state index in [4.69, 9.17) is 0 Å². The highest BCUT2D eigenvalue weighted by molar-refractivity contribution is 5.93. The number of aromatic amines is 1. The standard InChI is InChI=1S/C12H15N7O2/c1-7-4-9(16-15-7)13-11(20)6-19-5-10(17-18-19)14-12(21)8-2-3-8/h4-5,8H,2-3,6H2,1H3,(H,14,21)(H2,13,15,16,20). The molecule has 1 fully saturated rings. The molecule has 1 aliphatic carbocycles. The van der Waals surface area contributed by atoms with Crippen molar-refractivity contribution in [2.75, 3.05) is 10.6 Å². The minimum atomic E-state index is -0.272. The van der Waals surface area contributed by atoms with Gasteiger partial charge in [0.05, 0.1) is 6.20 Å². The van der Waals surface area contributed by atoms with E-state index in [0.29, 0.717) is 11.6 Å². The molecule has 0 radical (unpaired) electrons. The smallest absolute Gasteiger partial charge is 0.247 e. The van der Waals surface area contributed by atoms with E-state index in [1.807, 2.05) is 6.92 Å². The molecule has 0 unspecified atom stereocenters. The second kappa shape index (κ2) is 5.35. The molecule has 3 N–H and O–H groups in total. The molecule has 0 bridgehead atoms. The molecule has 110 valence electrons. The van der Waals surface area contributed by atoms with Crippen molar-refractivity contribution in [1.29, 1.82) is 0 Å². The maximum absolute atomic E-state index is 11.8. The quantitative estimate of drug-likeness (QED) is 0.731. The second-order valence-electron chi connectivity index (χ2n) is 5.05. The van der Waals surface area contributed by atoms with Crippen LogP contribution < -0.4 is 10.6 Å². The van der Waals surface area contributed by atoms with Crippen molar-refractivity contribution in [1.82, 2.24) is 25.2 Å². The molecule has 21 heavy (non-hydrogen) atoms. The fourth-order valence-corrected chi connectivity index (χ4v) is 1.82. The van der Waals surface area contributed by atoms with E-state index in [9.17, 15) is 9.59 Å². The Balaban J connectivity index is 1.53.